The largest absolute Gasteiger partial charge is 0.469 e. The molecular formula is C60H83FN2O8. The molecule has 1 N–H and O–H groups in total. The summed E-state index contributed by atoms with van der Waals surface area (Å²) in [5.74, 6) is 0.669. The van der Waals surface area contributed by atoms with Crippen molar-refractivity contribution in [1.29, 1.82) is 0 Å². The lowest BCUT2D eigenvalue weighted by molar-refractivity contribution is -0.141. The fraction of sp³-hybridized carbons (Fsp3) is 0.600. The van der Waals surface area contributed by atoms with Crippen molar-refractivity contribution in [3.05, 3.63) is 101 Å². The summed E-state index contributed by atoms with van der Waals surface area (Å²) in [6.07, 6.45) is 16.8. The van der Waals surface area contributed by atoms with Crippen LogP contribution in [0.4, 0.5) is 14.9 Å². The van der Waals surface area contributed by atoms with E-state index in [-0.39, 0.29) is 53.6 Å². The zero-order valence-corrected chi connectivity index (χ0v) is 43.4. The number of halogens is 1. The van der Waals surface area contributed by atoms with Crippen LogP contribution < -0.4 is 10.2 Å². The lowest BCUT2D eigenvalue weighted by Gasteiger charge is -2.26. The summed E-state index contributed by atoms with van der Waals surface area (Å²) in [5.41, 5.74) is 5.56. The number of carbonyl (C=O) groups is 6. The quantitative estimate of drug-likeness (QED) is 0.0557. The smallest absolute Gasteiger partial charge is 0.407 e. The van der Waals surface area contributed by atoms with E-state index in [2.05, 4.69) is 58.7 Å². The first-order chi connectivity index (χ1) is 34.4. The SMILES string of the molecule is CCOC(=O)NC(CC)C(=O)C1CCCCC(C(=O)CCCc2ccc(CN(Cc3ccc(CCCC(=O)C4CCCC(CC(=O)C(CC)CCCC(=O)OC)CC4)cc3)c3ccc(F)cc3)cc2)CC1. The summed E-state index contributed by atoms with van der Waals surface area (Å²) in [7, 11) is 1.39. The molecule has 11 heteroatoms. The van der Waals surface area contributed by atoms with Gasteiger partial charge in [0.1, 0.15) is 23.2 Å². The van der Waals surface area contributed by atoms with Crippen molar-refractivity contribution >= 4 is 40.9 Å². The van der Waals surface area contributed by atoms with Crippen molar-refractivity contribution in [2.75, 3.05) is 18.6 Å². The molecule has 3 aromatic carbocycles. The molecule has 10 nitrogen and oxygen atoms in total. The lowest BCUT2D eigenvalue weighted by atomic mass is 9.79. The number of anilines is 1. The average Bonchev–Trinajstić information content (AvgIpc) is 3.61. The maximum absolute atomic E-state index is 14.0. The van der Waals surface area contributed by atoms with Gasteiger partial charge >= 0.3 is 12.1 Å². The number of carbonyl (C=O) groups excluding carboxylic acids is 6. The number of esters is 1. The topological polar surface area (TPSA) is 136 Å². The van der Waals surface area contributed by atoms with Crippen molar-refractivity contribution < 1.29 is 42.6 Å². The van der Waals surface area contributed by atoms with Gasteiger partial charge < -0.3 is 19.7 Å². The number of rotatable bonds is 28. The Morgan fingerprint density at radius 3 is 1.70 bits per heavy atom. The van der Waals surface area contributed by atoms with E-state index in [4.69, 9.17) is 9.47 Å². The van der Waals surface area contributed by atoms with E-state index >= 15 is 0 Å². The van der Waals surface area contributed by atoms with Gasteiger partial charge in [0.05, 0.1) is 19.8 Å². The summed E-state index contributed by atoms with van der Waals surface area (Å²) >= 11 is 0. The lowest BCUT2D eigenvalue weighted by Crippen LogP contribution is -2.43. The van der Waals surface area contributed by atoms with E-state index in [1.807, 2.05) is 26.0 Å². The summed E-state index contributed by atoms with van der Waals surface area (Å²) < 4.78 is 23.8. The van der Waals surface area contributed by atoms with Gasteiger partial charge in [-0.1, -0.05) is 88.1 Å². The monoisotopic (exact) mass is 979 g/mol. The van der Waals surface area contributed by atoms with E-state index in [1.165, 1.54) is 30.4 Å². The van der Waals surface area contributed by atoms with E-state index in [0.717, 1.165) is 113 Å². The van der Waals surface area contributed by atoms with Crippen LogP contribution >= 0.6 is 0 Å². The molecule has 2 aliphatic carbocycles. The van der Waals surface area contributed by atoms with Gasteiger partial charge in [-0.2, -0.15) is 0 Å². The highest BCUT2D eigenvalue weighted by atomic mass is 19.1. The standard InChI is InChI=1S/C60H83FN2O8/c1-5-48(19-13-23-58(67)70-4)57(66)40-45-16-10-20-50(33-32-45)56(65)22-12-15-44-26-30-47(31-27-44)42-63(53-38-36-52(61)37-39-53)41-46-28-24-43(25-29-46)14-11-21-55(64)49-17-8-9-18-51(35-34-49)59(68)54(6-2)62-60(69)71-7-3/h24-31,36-39,45,48-51,54H,5-23,32-35,40-42H2,1-4H3,(H,62,69). The van der Waals surface area contributed by atoms with Gasteiger partial charge in [0.15, 0.2) is 5.78 Å². The first kappa shape index (κ1) is 56.7. The van der Waals surface area contributed by atoms with Gasteiger partial charge in [-0.15, -0.1) is 0 Å². The number of ketones is 4. The van der Waals surface area contributed by atoms with Gasteiger partial charge in [-0.05, 0) is 156 Å². The molecule has 1 amide bonds. The predicted octanol–water partition coefficient (Wildman–Crippen LogP) is 13.0. The van der Waals surface area contributed by atoms with Crippen LogP contribution in [0.5, 0.6) is 0 Å². The molecule has 71 heavy (non-hydrogen) atoms. The van der Waals surface area contributed by atoms with Crippen LogP contribution in [0.25, 0.3) is 0 Å². The maximum atomic E-state index is 14.0. The second kappa shape index (κ2) is 30.6. The van der Waals surface area contributed by atoms with E-state index in [1.54, 1.807) is 6.92 Å². The third-order valence-corrected chi connectivity index (χ3v) is 15.3. The number of nitrogens with zero attached hydrogens (tertiary/aromatic N) is 1. The van der Waals surface area contributed by atoms with Crippen molar-refractivity contribution in [3.8, 4) is 0 Å². The highest BCUT2D eigenvalue weighted by molar-refractivity contribution is 5.89. The fourth-order valence-corrected chi connectivity index (χ4v) is 10.9. The molecule has 2 aliphatic rings. The number of Topliss-reactive ketones (excluding diaryl/α,β-unsaturated/α-hetero) is 4. The number of hydrogen-bond acceptors (Lipinski definition) is 9. The van der Waals surface area contributed by atoms with Gasteiger partial charge in [0.2, 0.25) is 0 Å². The first-order valence-electron chi connectivity index (χ1n) is 27.2. The van der Waals surface area contributed by atoms with Gasteiger partial charge in [0, 0.05) is 68.1 Å². The Kier molecular flexibility index (Phi) is 24.5. The van der Waals surface area contributed by atoms with Gasteiger partial charge in [-0.3, -0.25) is 24.0 Å². The Balaban J connectivity index is 1.05. The Morgan fingerprint density at radius 1 is 0.620 bits per heavy atom. The minimum Gasteiger partial charge on any atom is -0.469 e. The second-order valence-corrected chi connectivity index (χ2v) is 20.4. The Bertz CT molecular complexity index is 2120. The van der Waals surface area contributed by atoms with Crippen LogP contribution in [0.1, 0.15) is 178 Å². The minimum absolute atomic E-state index is 0.0131. The molecule has 0 saturated heterocycles. The van der Waals surface area contributed by atoms with Crippen molar-refractivity contribution in [2.24, 2.45) is 29.6 Å². The Hall–Kier alpha value is -5.19. The van der Waals surface area contributed by atoms with E-state index < -0.39 is 12.1 Å². The molecule has 6 atom stereocenters. The molecule has 388 valence electrons. The second-order valence-electron chi connectivity index (χ2n) is 20.4. The van der Waals surface area contributed by atoms with Crippen LogP contribution in [-0.2, 0) is 59.4 Å². The molecule has 2 saturated carbocycles. The molecule has 2 fully saturated rings. The van der Waals surface area contributed by atoms with Gasteiger partial charge in [-0.25, -0.2) is 9.18 Å². The molecule has 3 aromatic rings. The number of alkyl carbamates (subject to hydrolysis) is 1. The molecular weight excluding hydrogens is 896 g/mol. The molecule has 0 radical (unpaired) electrons. The third kappa shape index (κ3) is 19.4. The number of benzene rings is 3. The normalized spacial score (nSPS) is 19.2. The van der Waals surface area contributed by atoms with E-state index in [0.29, 0.717) is 81.9 Å². The number of methoxy groups -OCH3 is 1. The molecule has 0 aliphatic heterocycles. The maximum Gasteiger partial charge on any atom is 0.407 e. The van der Waals surface area contributed by atoms with Gasteiger partial charge in [0.25, 0.3) is 0 Å². The zero-order valence-electron chi connectivity index (χ0n) is 43.4. The molecule has 0 bridgehead atoms. The molecule has 0 heterocycles. The number of nitrogens with one attached hydrogen (secondary N) is 1. The molecule has 5 rings (SSSR count). The number of ether oxygens (including phenoxy) is 2. The summed E-state index contributed by atoms with van der Waals surface area (Å²) in [6.45, 7) is 7.19. The minimum atomic E-state index is -0.567. The van der Waals surface area contributed by atoms with Crippen LogP contribution in [0.15, 0.2) is 72.8 Å². The number of amides is 1. The Labute approximate surface area is 424 Å². The van der Waals surface area contributed by atoms with Crippen LogP contribution in [0.2, 0.25) is 0 Å². The van der Waals surface area contributed by atoms with E-state index in [9.17, 15) is 33.2 Å². The molecule has 0 aromatic heterocycles. The highest BCUT2D eigenvalue weighted by Crippen LogP contribution is 2.33. The Morgan fingerprint density at radius 2 is 1.15 bits per heavy atom. The average molecular weight is 979 g/mol. The van der Waals surface area contributed by atoms with Crippen LogP contribution in [-0.4, -0.2) is 55.0 Å². The third-order valence-electron chi connectivity index (χ3n) is 15.3. The summed E-state index contributed by atoms with van der Waals surface area (Å²) in [5, 5.41) is 2.73. The summed E-state index contributed by atoms with van der Waals surface area (Å²) in [6, 6.07) is 23.2. The molecule has 6 unspecified atom stereocenters. The highest BCUT2D eigenvalue weighted by Gasteiger charge is 2.31. The van der Waals surface area contributed by atoms with Crippen molar-refractivity contribution in [3.63, 3.8) is 0 Å². The molecule has 0 spiro atoms. The number of aryl methyl sites for hydroxylation is 2. The van der Waals surface area contributed by atoms with Crippen molar-refractivity contribution in [2.45, 2.75) is 188 Å². The van der Waals surface area contributed by atoms with Crippen LogP contribution in [0, 0.1) is 35.4 Å². The number of hydrogen-bond donors (Lipinski definition) is 1. The zero-order chi connectivity index (χ0) is 51.0. The first-order valence-corrected chi connectivity index (χ1v) is 27.2. The van der Waals surface area contributed by atoms with Crippen LogP contribution in [0.3, 0.4) is 0 Å². The fourth-order valence-electron chi connectivity index (χ4n) is 10.9. The predicted molar refractivity (Wildman–Crippen MR) is 278 cm³/mol. The van der Waals surface area contributed by atoms with Crippen molar-refractivity contribution in [1.82, 2.24) is 5.32 Å². The summed E-state index contributed by atoms with van der Waals surface area (Å²) in [4.78, 5) is 79.1.